The Bertz CT molecular complexity index is 839. The third-order valence-electron chi connectivity index (χ3n) is 4.62. The molecule has 29 heavy (non-hydrogen) atoms. The summed E-state index contributed by atoms with van der Waals surface area (Å²) in [4.78, 5) is 24.3. The number of carbonyl (C=O) groups excluding carboxylic acids is 2. The van der Waals surface area contributed by atoms with E-state index in [-0.39, 0.29) is 30.2 Å². The quantitative estimate of drug-likeness (QED) is 0.714. The molecule has 2 rings (SSSR count). The number of hydrogen-bond donors (Lipinski definition) is 2. The number of ether oxygens (including phenoxy) is 2. The molecule has 0 saturated carbocycles. The molecule has 0 aliphatic carbocycles. The van der Waals surface area contributed by atoms with Crippen molar-refractivity contribution in [2.75, 3.05) is 20.8 Å². The van der Waals surface area contributed by atoms with Gasteiger partial charge in [0.25, 0.3) is 5.91 Å². The standard InChI is InChI=1S/C23H30N2O4/c1-23(2,3)18-9-6-16(7-10-18)22(27)24-13-12-21(26)25-15-17-8-11-19(28-4)14-20(17)29-5/h6-11,14H,12-13,15H2,1-5H3,(H,24,27)(H,25,26). The van der Waals surface area contributed by atoms with Gasteiger partial charge in [-0.05, 0) is 35.2 Å². The van der Waals surface area contributed by atoms with E-state index in [2.05, 4.69) is 31.4 Å². The molecule has 2 amide bonds. The maximum atomic E-state index is 12.2. The molecule has 0 fully saturated rings. The molecule has 2 aromatic carbocycles. The first-order valence-electron chi connectivity index (χ1n) is 9.61. The summed E-state index contributed by atoms with van der Waals surface area (Å²) < 4.78 is 10.5. The van der Waals surface area contributed by atoms with E-state index in [0.29, 0.717) is 23.6 Å². The summed E-state index contributed by atoms with van der Waals surface area (Å²) in [7, 11) is 3.16. The van der Waals surface area contributed by atoms with Crippen LogP contribution in [0.2, 0.25) is 0 Å². The van der Waals surface area contributed by atoms with Crippen molar-refractivity contribution in [3.8, 4) is 11.5 Å². The molecule has 6 heteroatoms. The second-order valence-electron chi connectivity index (χ2n) is 7.79. The van der Waals surface area contributed by atoms with E-state index in [1.54, 1.807) is 20.3 Å². The van der Waals surface area contributed by atoms with Crippen molar-refractivity contribution in [3.63, 3.8) is 0 Å². The van der Waals surface area contributed by atoms with E-state index >= 15 is 0 Å². The molecule has 0 radical (unpaired) electrons. The summed E-state index contributed by atoms with van der Waals surface area (Å²) in [5.74, 6) is 1.01. The van der Waals surface area contributed by atoms with Crippen molar-refractivity contribution < 1.29 is 19.1 Å². The Hall–Kier alpha value is -3.02. The van der Waals surface area contributed by atoms with Crippen molar-refractivity contribution in [2.45, 2.75) is 39.2 Å². The highest BCUT2D eigenvalue weighted by molar-refractivity contribution is 5.94. The third kappa shape index (κ3) is 6.52. The van der Waals surface area contributed by atoms with Gasteiger partial charge >= 0.3 is 0 Å². The lowest BCUT2D eigenvalue weighted by Crippen LogP contribution is -2.30. The second kappa shape index (κ2) is 9.96. The highest BCUT2D eigenvalue weighted by atomic mass is 16.5. The molecule has 156 valence electrons. The van der Waals surface area contributed by atoms with Crippen LogP contribution in [0.5, 0.6) is 11.5 Å². The van der Waals surface area contributed by atoms with Crippen LogP contribution in [0.25, 0.3) is 0 Å². The maximum absolute atomic E-state index is 12.2. The zero-order valence-electron chi connectivity index (χ0n) is 17.8. The van der Waals surface area contributed by atoms with Gasteiger partial charge in [0, 0.05) is 36.7 Å². The highest BCUT2D eigenvalue weighted by Gasteiger charge is 2.14. The molecule has 0 unspecified atom stereocenters. The summed E-state index contributed by atoms with van der Waals surface area (Å²) in [6, 6.07) is 13.0. The minimum Gasteiger partial charge on any atom is -0.497 e. The van der Waals surface area contributed by atoms with Crippen LogP contribution in [-0.4, -0.2) is 32.6 Å². The largest absolute Gasteiger partial charge is 0.497 e. The highest BCUT2D eigenvalue weighted by Crippen LogP contribution is 2.24. The van der Waals surface area contributed by atoms with Crippen LogP contribution in [0.4, 0.5) is 0 Å². The van der Waals surface area contributed by atoms with Gasteiger partial charge < -0.3 is 20.1 Å². The summed E-state index contributed by atoms with van der Waals surface area (Å²) in [6.07, 6.45) is 0.199. The lowest BCUT2D eigenvalue weighted by molar-refractivity contribution is -0.121. The third-order valence-corrected chi connectivity index (χ3v) is 4.62. The van der Waals surface area contributed by atoms with Gasteiger partial charge in [-0.2, -0.15) is 0 Å². The number of rotatable bonds is 8. The van der Waals surface area contributed by atoms with Crippen LogP contribution >= 0.6 is 0 Å². The SMILES string of the molecule is COc1ccc(CNC(=O)CCNC(=O)c2ccc(C(C)(C)C)cc2)c(OC)c1. The van der Waals surface area contributed by atoms with Crippen molar-refractivity contribution in [1.82, 2.24) is 10.6 Å². The Morgan fingerprint density at radius 2 is 1.62 bits per heavy atom. The van der Waals surface area contributed by atoms with E-state index in [1.807, 2.05) is 36.4 Å². The molecule has 0 atom stereocenters. The van der Waals surface area contributed by atoms with Crippen LogP contribution in [0.15, 0.2) is 42.5 Å². The zero-order valence-corrected chi connectivity index (χ0v) is 17.8. The van der Waals surface area contributed by atoms with E-state index in [4.69, 9.17) is 9.47 Å². The predicted octanol–water partition coefficient (Wildman–Crippen LogP) is 3.44. The van der Waals surface area contributed by atoms with E-state index in [1.165, 1.54) is 5.56 Å². The van der Waals surface area contributed by atoms with Crippen molar-refractivity contribution >= 4 is 11.8 Å². The van der Waals surface area contributed by atoms with Gasteiger partial charge in [0.15, 0.2) is 0 Å². The number of benzene rings is 2. The molecule has 6 nitrogen and oxygen atoms in total. The zero-order chi connectivity index (χ0) is 21.4. The van der Waals surface area contributed by atoms with Crippen LogP contribution < -0.4 is 20.1 Å². The molecule has 0 saturated heterocycles. The Kier molecular flexibility index (Phi) is 7.65. The number of amides is 2. The number of carbonyl (C=O) groups is 2. The second-order valence-corrected chi connectivity index (χ2v) is 7.79. The van der Waals surface area contributed by atoms with Gasteiger partial charge in [0.2, 0.25) is 5.91 Å². The fourth-order valence-electron chi connectivity index (χ4n) is 2.79. The molecule has 0 aromatic heterocycles. The van der Waals surface area contributed by atoms with Gasteiger partial charge in [-0.1, -0.05) is 32.9 Å². The summed E-state index contributed by atoms with van der Waals surface area (Å²) in [5.41, 5.74) is 2.65. The molecule has 0 aliphatic heterocycles. The minimum atomic E-state index is -0.185. The van der Waals surface area contributed by atoms with Gasteiger partial charge in [0.05, 0.1) is 14.2 Å². The molecular weight excluding hydrogens is 368 g/mol. The topological polar surface area (TPSA) is 76.7 Å². The first-order valence-corrected chi connectivity index (χ1v) is 9.61. The Morgan fingerprint density at radius 1 is 0.931 bits per heavy atom. The Labute approximate surface area is 172 Å². The summed E-state index contributed by atoms with van der Waals surface area (Å²) in [5, 5.41) is 5.62. The Morgan fingerprint density at radius 3 is 2.21 bits per heavy atom. The van der Waals surface area contributed by atoms with Crippen molar-refractivity contribution in [1.29, 1.82) is 0 Å². The average Bonchev–Trinajstić information content (AvgIpc) is 2.71. The average molecular weight is 399 g/mol. The number of methoxy groups -OCH3 is 2. The predicted molar refractivity (Wildman–Crippen MR) is 113 cm³/mol. The molecular formula is C23H30N2O4. The molecule has 2 N–H and O–H groups in total. The van der Waals surface area contributed by atoms with E-state index < -0.39 is 0 Å². The van der Waals surface area contributed by atoms with Crippen LogP contribution in [-0.2, 0) is 16.8 Å². The lowest BCUT2D eigenvalue weighted by Gasteiger charge is -2.19. The number of nitrogens with one attached hydrogen (secondary N) is 2. The summed E-state index contributed by atoms with van der Waals surface area (Å²) >= 11 is 0. The first kappa shape index (κ1) is 22.3. The number of hydrogen-bond acceptors (Lipinski definition) is 4. The monoisotopic (exact) mass is 398 g/mol. The normalized spacial score (nSPS) is 10.9. The fraction of sp³-hybridized carbons (Fsp3) is 0.391. The van der Waals surface area contributed by atoms with Gasteiger partial charge in [-0.3, -0.25) is 9.59 Å². The molecule has 2 aromatic rings. The summed E-state index contributed by atoms with van der Waals surface area (Å²) in [6.45, 7) is 6.99. The van der Waals surface area contributed by atoms with Crippen molar-refractivity contribution in [3.05, 3.63) is 59.2 Å². The van der Waals surface area contributed by atoms with E-state index in [9.17, 15) is 9.59 Å². The maximum Gasteiger partial charge on any atom is 0.251 e. The van der Waals surface area contributed by atoms with Crippen molar-refractivity contribution in [2.24, 2.45) is 0 Å². The van der Waals surface area contributed by atoms with E-state index in [0.717, 1.165) is 5.56 Å². The lowest BCUT2D eigenvalue weighted by atomic mass is 9.87. The fourth-order valence-corrected chi connectivity index (χ4v) is 2.79. The Balaban J connectivity index is 1.79. The van der Waals surface area contributed by atoms with Gasteiger partial charge in [-0.15, -0.1) is 0 Å². The molecule has 0 bridgehead atoms. The molecule has 0 spiro atoms. The first-order chi connectivity index (χ1) is 13.7. The minimum absolute atomic E-state index is 0.0413. The molecule has 0 heterocycles. The van der Waals surface area contributed by atoms with Crippen LogP contribution in [0.1, 0.15) is 48.7 Å². The van der Waals surface area contributed by atoms with Gasteiger partial charge in [-0.25, -0.2) is 0 Å². The van der Waals surface area contributed by atoms with Crippen LogP contribution in [0.3, 0.4) is 0 Å². The smallest absolute Gasteiger partial charge is 0.251 e. The van der Waals surface area contributed by atoms with Gasteiger partial charge in [0.1, 0.15) is 11.5 Å². The van der Waals surface area contributed by atoms with Crippen LogP contribution in [0, 0.1) is 0 Å². The molecule has 0 aliphatic rings.